The highest BCUT2D eigenvalue weighted by Crippen LogP contribution is 2.21. The van der Waals surface area contributed by atoms with E-state index in [0.29, 0.717) is 18.3 Å². The van der Waals surface area contributed by atoms with E-state index in [-0.39, 0.29) is 6.61 Å². The average molecular weight is 235 g/mol. The van der Waals surface area contributed by atoms with Gasteiger partial charge in [0.25, 0.3) is 0 Å². The number of aromatic nitrogens is 3. The zero-order valence-corrected chi connectivity index (χ0v) is 9.71. The second kappa shape index (κ2) is 5.75. The molecule has 0 amide bonds. The Bertz CT molecular complexity index is 391. The molecular formula is C11H17N5O. The van der Waals surface area contributed by atoms with Crippen molar-refractivity contribution in [3.8, 4) is 6.07 Å². The Labute approximate surface area is 100 Å². The second-order valence-electron chi connectivity index (χ2n) is 4.34. The molecule has 92 valence electrons. The van der Waals surface area contributed by atoms with Crippen molar-refractivity contribution in [1.82, 2.24) is 20.3 Å². The number of aliphatic hydroxyl groups is 1. The van der Waals surface area contributed by atoms with E-state index < -0.39 is 6.04 Å². The highest BCUT2D eigenvalue weighted by molar-refractivity contribution is 5.11. The van der Waals surface area contributed by atoms with Gasteiger partial charge in [0, 0.05) is 6.04 Å². The van der Waals surface area contributed by atoms with Crippen LogP contribution in [-0.2, 0) is 6.54 Å². The van der Waals surface area contributed by atoms with Gasteiger partial charge in [0.15, 0.2) is 0 Å². The summed E-state index contributed by atoms with van der Waals surface area (Å²) in [4.78, 5) is 0. The number of nitriles is 1. The van der Waals surface area contributed by atoms with Crippen molar-refractivity contribution >= 4 is 0 Å². The molecule has 6 heteroatoms. The number of nitrogens with zero attached hydrogens (tertiary/aromatic N) is 4. The molecule has 0 bridgehead atoms. The molecule has 1 heterocycles. The van der Waals surface area contributed by atoms with Crippen LogP contribution in [0.5, 0.6) is 0 Å². The monoisotopic (exact) mass is 235 g/mol. The Kier molecular flexibility index (Phi) is 4.07. The second-order valence-corrected chi connectivity index (χ2v) is 4.34. The van der Waals surface area contributed by atoms with Crippen LogP contribution in [0.25, 0.3) is 0 Å². The van der Waals surface area contributed by atoms with E-state index in [2.05, 4.69) is 21.7 Å². The molecule has 2 rings (SSSR count). The summed E-state index contributed by atoms with van der Waals surface area (Å²) in [5, 5.41) is 29.1. The minimum atomic E-state index is -0.398. The zero-order chi connectivity index (χ0) is 12.1. The van der Waals surface area contributed by atoms with E-state index in [0.717, 1.165) is 12.8 Å². The van der Waals surface area contributed by atoms with Crippen LogP contribution in [0, 0.1) is 11.3 Å². The first-order valence-corrected chi connectivity index (χ1v) is 6.00. The molecule has 1 unspecified atom stereocenters. The molecule has 1 saturated carbocycles. The lowest BCUT2D eigenvalue weighted by Crippen LogP contribution is -2.30. The standard InChI is InChI=1S/C11H17N5O/c12-7-10(13-9-3-1-2-4-9)11-8-16(5-6-17)15-14-11/h8-10,13,17H,1-6H2. The Morgan fingerprint density at radius 1 is 1.59 bits per heavy atom. The predicted octanol–water partition coefficient (Wildman–Crippen LogP) is 0.367. The molecule has 0 aliphatic heterocycles. The van der Waals surface area contributed by atoms with Gasteiger partial charge in [-0.15, -0.1) is 5.10 Å². The molecule has 0 spiro atoms. The minimum absolute atomic E-state index is 0.0239. The SMILES string of the molecule is N#CC(NC1CCCC1)c1cn(CCO)nn1. The summed E-state index contributed by atoms with van der Waals surface area (Å²) in [5.41, 5.74) is 0.632. The normalized spacial score (nSPS) is 18.1. The topological polar surface area (TPSA) is 86.8 Å². The van der Waals surface area contributed by atoms with Crippen molar-refractivity contribution in [2.45, 2.75) is 44.3 Å². The Hall–Kier alpha value is -1.45. The fraction of sp³-hybridized carbons (Fsp3) is 0.727. The van der Waals surface area contributed by atoms with Crippen LogP contribution >= 0.6 is 0 Å². The van der Waals surface area contributed by atoms with E-state index in [4.69, 9.17) is 10.4 Å². The van der Waals surface area contributed by atoms with Crippen LogP contribution < -0.4 is 5.32 Å². The highest BCUT2D eigenvalue weighted by atomic mass is 16.3. The van der Waals surface area contributed by atoms with Crippen molar-refractivity contribution in [1.29, 1.82) is 5.26 Å². The fourth-order valence-corrected chi connectivity index (χ4v) is 2.17. The van der Waals surface area contributed by atoms with Crippen LogP contribution in [0.15, 0.2) is 6.20 Å². The van der Waals surface area contributed by atoms with E-state index in [1.807, 2.05) is 0 Å². The minimum Gasteiger partial charge on any atom is -0.394 e. The third-order valence-electron chi connectivity index (χ3n) is 3.07. The molecular weight excluding hydrogens is 218 g/mol. The van der Waals surface area contributed by atoms with Crippen LogP contribution in [0.4, 0.5) is 0 Å². The lowest BCUT2D eigenvalue weighted by Gasteiger charge is -2.14. The summed E-state index contributed by atoms with van der Waals surface area (Å²) < 4.78 is 1.55. The molecule has 0 aromatic carbocycles. The number of nitrogens with one attached hydrogen (secondary N) is 1. The first kappa shape index (κ1) is 12.0. The van der Waals surface area contributed by atoms with E-state index >= 15 is 0 Å². The molecule has 0 radical (unpaired) electrons. The summed E-state index contributed by atoms with van der Waals surface area (Å²) in [6.45, 7) is 0.435. The third kappa shape index (κ3) is 3.02. The molecule has 1 aromatic heterocycles. The number of aliphatic hydroxyl groups excluding tert-OH is 1. The Morgan fingerprint density at radius 2 is 2.35 bits per heavy atom. The van der Waals surface area contributed by atoms with Crippen LogP contribution in [-0.4, -0.2) is 32.7 Å². The smallest absolute Gasteiger partial charge is 0.142 e. The Balaban J connectivity index is 1.98. The van der Waals surface area contributed by atoms with Gasteiger partial charge in [-0.1, -0.05) is 18.1 Å². The van der Waals surface area contributed by atoms with E-state index in [1.165, 1.54) is 12.8 Å². The van der Waals surface area contributed by atoms with Gasteiger partial charge >= 0.3 is 0 Å². The van der Waals surface area contributed by atoms with Crippen molar-refractivity contribution in [3.05, 3.63) is 11.9 Å². The van der Waals surface area contributed by atoms with Crippen molar-refractivity contribution in [2.75, 3.05) is 6.61 Å². The van der Waals surface area contributed by atoms with Gasteiger partial charge in [-0.3, -0.25) is 5.32 Å². The van der Waals surface area contributed by atoms with Crippen LogP contribution in [0.1, 0.15) is 37.4 Å². The molecule has 0 saturated heterocycles. The molecule has 2 N–H and O–H groups in total. The quantitative estimate of drug-likeness (QED) is 0.769. The summed E-state index contributed by atoms with van der Waals surface area (Å²) in [6.07, 6.45) is 6.43. The third-order valence-corrected chi connectivity index (χ3v) is 3.07. The Morgan fingerprint density at radius 3 is 3.00 bits per heavy atom. The molecule has 17 heavy (non-hydrogen) atoms. The van der Waals surface area contributed by atoms with Gasteiger partial charge < -0.3 is 5.11 Å². The molecule has 1 fully saturated rings. The molecule has 1 aliphatic rings. The van der Waals surface area contributed by atoms with Gasteiger partial charge in [-0.25, -0.2) is 4.68 Å². The lowest BCUT2D eigenvalue weighted by atomic mass is 10.2. The first-order valence-electron chi connectivity index (χ1n) is 6.00. The van der Waals surface area contributed by atoms with Gasteiger partial charge in [-0.05, 0) is 12.8 Å². The highest BCUT2D eigenvalue weighted by Gasteiger charge is 2.21. The summed E-state index contributed by atoms with van der Waals surface area (Å²) >= 11 is 0. The molecule has 1 atom stereocenters. The van der Waals surface area contributed by atoms with Crippen LogP contribution in [0.3, 0.4) is 0 Å². The number of hydrogen-bond donors (Lipinski definition) is 2. The van der Waals surface area contributed by atoms with Gasteiger partial charge in [0.05, 0.1) is 25.4 Å². The van der Waals surface area contributed by atoms with Gasteiger partial charge in [0.1, 0.15) is 11.7 Å². The van der Waals surface area contributed by atoms with Crippen molar-refractivity contribution in [2.24, 2.45) is 0 Å². The van der Waals surface area contributed by atoms with Gasteiger partial charge in [-0.2, -0.15) is 5.26 Å². The largest absolute Gasteiger partial charge is 0.394 e. The average Bonchev–Trinajstić information content (AvgIpc) is 2.97. The van der Waals surface area contributed by atoms with E-state index in [1.54, 1.807) is 10.9 Å². The van der Waals surface area contributed by atoms with Crippen molar-refractivity contribution < 1.29 is 5.11 Å². The van der Waals surface area contributed by atoms with E-state index in [9.17, 15) is 0 Å². The van der Waals surface area contributed by atoms with Crippen LogP contribution in [0.2, 0.25) is 0 Å². The zero-order valence-electron chi connectivity index (χ0n) is 9.71. The summed E-state index contributed by atoms with van der Waals surface area (Å²) in [7, 11) is 0. The predicted molar refractivity (Wildman–Crippen MR) is 60.9 cm³/mol. The number of rotatable bonds is 5. The maximum absolute atomic E-state index is 9.14. The fourth-order valence-electron chi connectivity index (χ4n) is 2.17. The van der Waals surface area contributed by atoms with Crippen molar-refractivity contribution in [3.63, 3.8) is 0 Å². The maximum Gasteiger partial charge on any atom is 0.142 e. The number of hydrogen-bond acceptors (Lipinski definition) is 5. The molecule has 1 aliphatic carbocycles. The summed E-state index contributed by atoms with van der Waals surface area (Å²) in [6, 6.07) is 2.23. The molecule has 6 nitrogen and oxygen atoms in total. The molecule has 1 aromatic rings. The first-order chi connectivity index (χ1) is 8.33. The summed E-state index contributed by atoms with van der Waals surface area (Å²) in [5.74, 6) is 0. The maximum atomic E-state index is 9.14. The lowest BCUT2D eigenvalue weighted by molar-refractivity contribution is 0.268. The van der Waals surface area contributed by atoms with Gasteiger partial charge in [0.2, 0.25) is 0 Å².